The Morgan fingerprint density at radius 1 is 1.46 bits per heavy atom. The van der Waals surface area contributed by atoms with Crippen LogP contribution in [-0.2, 0) is 0 Å². The number of nitrogens with zero attached hydrogens (tertiary/aromatic N) is 3. The Bertz CT molecular complexity index is 336. The Labute approximate surface area is 75.0 Å². The maximum Gasteiger partial charge on any atom is 0.356 e. The molecule has 0 amide bonds. The highest BCUT2D eigenvalue weighted by Crippen LogP contribution is 2.16. The molecule has 1 aromatic rings. The van der Waals surface area contributed by atoms with Crippen molar-refractivity contribution in [1.82, 2.24) is 9.97 Å². The molecule has 13 heavy (non-hydrogen) atoms. The number of carbonyl (C=O) groups is 1. The minimum absolute atomic E-state index is 0.00407. The van der Waals surface area contributed by atoms with E-state index in [1.165, 1.54) is 6.20 Å². The van der Waals surface area contributed by atoms with Crippen molar-refractivity contribution in [3.63, 3.8) is 0 Å². The van der Waals surface area contributed by atoms with Crippen LogP contribution in [0.25, 0.3) is 0 Å². The fraction of sp³-hybridized carbons (Fsp3) is 0.375. The van der Waals surface area contributed by atoms with E-state index in [1.54, 1.807) is 6.20 Å². The van der Waals surface area contributed by atoms with Crippen molar-refractivity contribution in [1.29, 1.82) is 0 Å². The fourth-order valence-electron chi connectivity index (χ4n) is 1.16. The molecule has 2 heterocycles. The SMILES string of the molecule is O=C(O)c1cncc(N2CCC2)n1. The largest absolute Gasteiger partial charge is 0.476 e. The van der Waals surface area contributed by atoms with Gasteiger partial charge in [0, 0.05) is 13.1 Å². The van der Waals surface area contributed by atoms with Gasteiger partial charge in [0.25, 0.3) is 0 Å². The van der Waals surface area contributed by atoms with E-state index in [-0.39, 0.29) is 5.69 Å². The number of anilines is 1. The second kappa shape index (κ2) is 3.01. The Balaban J connectivity index is 2.26. The highest BCUT2D eigenvalue weighted by atomic mass is 16.4. The average Bonchev–Trinajstić information content (AvgIpc) is 2.01. The van der Waals surface area contributed by atoms with E-state index >= 15 is 0 Å². The van der Waals surface area contributed by atoms with Gasteiger partial charge in [-0.2, -0.15) is 0 Å². The predicted molar refractivity (Wildman–Crippen MR) is 45.8 cm³/mol. The summed E-state index contributed by atoms with van der Waals surface area (Å²) in [5.74, 6) is -0.374. The minimum atomic E-state index is -1.03. The van der Waals surface area contributed by atoms with E-state index in [2.05, 4.69) is 9.97 Å². The van der Waals surface area contributed by atoms with E-state index < -0.39 is 5.97 Å². The number of rotatable bonds is 2. The summed E-state index contributed by atoms with van der Waals surface area (Å²) in [6, 6.07) is 0. The summed E-state index contributed by atoms with van der Waals surface area (Å²) >= 11 is 0. The second-order valence-electron chi connectivity index (χ2n) is 2.91. The number of hydrogen-bond donors (Lipinski definition) is 1. The molecule has 0 saturated carbocycles. The van der Waals surface area contributed by atoms with E-state index in [0.717, 1.165) is 19.5 Å². The van der Waals surface area contributed by atoms with E-state index in [1.807, 2.05) is 4.90 Å². The molecule has 1 aliphatic rings. The number of aromatic carboxylic acids is 1. The van der Waals surface area contributed by atoms with Crippen LogP contribution in [0.3, 0.4) is 0 Å². The average molecular weight is 179 g/mol. The number of hydrogen-bond acceptors (Lipinski definition) is 4. The van der Waals surface area contributed by atoms with Gasteiger partial charge in [0.05, 0.1) is 12.4 Å². The summed E-state index contributed by atoms with van der Waals surface area (Å²) in [4.78, 5) is 20.3. The summed E-state index contributed by atoms with van der Waals surface area (Å²) in [5.41, 5.74) is 0.00407. The third-order valence-corrected chi connectivity index (χ3v) is 2.02. The summed E-state index contributed by atoms with van der Waals surface area (Å²) in [6.45, 7) is 1.88. The molecule has 1 saturated heterocycles. The maximum absolute atomic E-state index is 10.6. The molecule has 0 aliphatic carbocycles. The van der Waals surface area contributed by atoms with Gasteiger partial charge in [-0.05, 0) is 6.42 Å². The maximum atomic E-state index is 10.6. The second-order valence-corrected chi connectivity index (χ2v) is 2.91. The minimum Gasteiger partial charge on any atom is -0.476 e. The number of aromatic nitrogens is 2. The molecule has 0 spiro atoms. The van der Waals surface area contributed by atoms with Gasteiger partial charge >= 0.3 is 5.97 Å². The third kappa shape index (κ3) is 1.44. The molecule has 2 rings (SSSR count). The lowest BCUT2D eigenvalue weighted by Crippen LogP contribution is -2.37. The van der Waals surface area contributed by atoms with E-state index in [0.29, 0.717) is 5.82 Å². The quantitative estimate of drug-likeness (QED) is 0.711. The van der Waals surface area contributed by atoms with Crippen molar-refractivity contribution in [3.8, 4) is 0 Å². The van der Waals surface area contributed by atoms with Crippen LogP contribution < -0.4 is 4.90 Å². The molecule has 0 atom stereocenters. The van der Waals surface area contributed by atoms with Crippen LogP contribution in [0.2, 0.25) is 0 Å². The van der Waals surface area contributed by atoms with E-state index in [4.69, 9.17) is 5.11 Å². The Morgan fingerprint density at radius 3 is 2.77 bits per heavy atom. The summed E-state index contributed by atoms with van der Waals surface area (Å²) in [5, 5.41) is 8.66. The lowest BCUT2D eigenvalue weighted by atomic mass is 10.2. The van der Waals surface area contributed by atoms with Crippen LogP contribution in [0.1, 0.15) is 16.9 Å². The molecule has 0 radical (unpaired) electrons. The third-order valence-electron chi connectivity index (χ3n) is 2.02. The smallest absolute Gasteiger partial charge is 0.356 e. The highest BCUT2D eigenvalue weighted by molar-refractivity contribution is 5.85. The normalized spacial score (nSPS) is 15.2. The zero-order chi connectivity index (χ0) is 9.26. The highest BCUT2D eigenvalue weighted by Gasteiger charge is 2.17. The molecular formula is C8H9N3O2. The van der Waals surface area contributed by atoms with Gasteiger partial charge in [-0.15, -0.1) is 0 Å². The molecule has 1 fully saturated rings. The van der Waals surface area contributed by atoms with Crippen molar-refractivity contribution < 1.29 is 9.90 Å². The first-order valence-electron chi connectivity index (χ1n) is 4.07. The van der Waals surface area contributed by atoms with Crippen LogP contribution in [0.15, 0.2) is 12.4 Å². The van der Waals surface area contributed by atoms with Crippen LogP contribution >= 0.6 is 0 Å². The van der Waals surface area contributed by atoms with Crippen molar-refractivity contribution in [2.45, 2.75) is 6.42 Å². The van der Waals surface area contributed by atoms with Crippen LogP contribution in [0.5, 0.6) is 0 Å². The molecule has 1 N–H and O–H groups in total. The first-order chi connectivity index (χ1) is 6.27. The standard InChI is InChI=1S/C8H9N3O2/c12-8(13)6-4-9-5-7(10-6)11-2-1-3-11/h4-5H,1-3H2,(H,12,13). The predicted octanol–water partition coefficient (Wildman–Crippen LogP) is 0.385. The summed E-state index contributed by atoms with van der Waals surface area (Å²) in [6.07, 6.45) is 3.98. The molecule has 68 valence electrons. The Morgan fingerprint density at radius 2 is 2.23 bits per heavy atom. The molecule has 0 bridgehead atoms. The topological polar surface area (TPSA) is 66.3 Å². The van der Waals surface area contributed by atoms with Gasteiger partial charge in [0.15, 0.2) is 5.69 Å². The Kier molecular flexibility index (Phi) is 1.84. The van der Waals surface area contributed by atoms with Crippen molar-refractivity contribution >= 4 is 11.8 Å². The summed E-state index contributed by atoms with van der Waals surface area (Å²) < 4.78 is 0. The lowest BCUT2D eigenvalue weighted by molar-refractivity contribution is 0.0690. The van der Waals surface area contributed by atoms with Crippen molar-refractivity contribution in [3.05, 3.63) is 18.1 Å². The Hall–Kier alpha value is -1.65. The first kappa shape index (κ1) is 7.97. The molecular weight excluding hydrogens is 170 g/mol. The first-order valence-corrected chi connectivity index (χ1v) is 4.07. The monoisotopic (exact) mass is 179 g/mol. The van der Waals surface area contributed by atoms with Crippen LogP contribution in [0.4, 0.5) is 5.82 Å². The van der Waals surface area contributed by atoms with Crippen LogP contribution in [-0.4, -0.2) is 34.1 Å². The van der Waals surface area contributed by atoms with Gasteiger partial charge in [0.1, 0.15) is 5.82 Å². The molecule has 5 nitrogen and oxygen atoms in total. The van der Waals surface area contributed by atoms with Gasteiger partial charge in [0.2, 0.25) is 0 Å². The molecule has 1 aliphatic heterocycles. The zero-order valence-corrected chi connectivity index (χ0v) is 6.97. The molecule has 0 aromatic carbocycles. The molecule has 0 unspecified atom stereocenters. The summed E-state index contributed by atoms with van der Waals surface area (Å²) in [7, 11) is 0. The van der Waals surface area contributed by atoms with Gasteiger partial charge in [-0.3, -0.25) is 4.98 Å². The lowest BCUT2D eigenvalue weighted by Gasteiger charge is -2.31. The van der Waals surface area contributed by atoms with Crippen LogP contribution in [0, 0.1) is 0 Å². The number of carboxylic acids is 1. The van der Waals surface area contributed by atoms with Gasteiger partial charge < -0.3 is 10.0 Å². The van der Waals surface area contributed by atoms with Gasteiger partial charge in [-0.1, -0.05) is 0 Å². The molecule has 1 aromatic heterocycles. The molecule has 5 heteroatoms. The van der Waals surface area contributed by atoms with Crippen molar-refractivity contribution in [2.75, 3.05) is 18.0 Å². The van der Waals surface area contributed by atoms with E-state index in [9.17, 15) is 4.79 Å². The van der Waals surface area contributed by atoms with Gasteiger partial charge in [-0.25, -0.2) is 9.78 Å². The number of carboxylic acid groups (broad SMARTS) is 1. The zero-order valence-electron chi connectivity index (χ0n) is 6.97. The van der Waals surface area contributed by atoms with Crippen molar-refractivity contribution in [2.24, 2.45) is 0 Å². The fourth-order valence-corrected chi connectivity index (χ4v) is 1.16.